The van der Waals surface area contributed by atoms with Crippen LogP contribution in [0.15, 0.2) is 18.2 Å². The molecule has 1 aliphatic heterocycles. The van der Waals surface area contributed by atoms with Gasteiger partial charge in [0.15, 0.2) is 0 Å². The third-order valence-electron chi connectivity index (χ3n) is 3.47. The van der Waals surface area contributed by atoms with Crippen LogP contribution >= 0.6 is 0 Å². The van der Waals surface area contributed by atoms with E-state index in [1.54, 1.807) is 12.1 Å². The second kappa shape index (κ2) is 5.92. The normalized spacial score (nSPS) is 18.9. The first-order valence-corrected chi connectivity index (χ1v) is 7.26. The van der Waals surface area contributed by atoms with E-state index in [1.165, 1.54) is 6.07 Å². The van der Waals surface area contributed by atoms with E-state index in [1.807, 2.05) is 25.7 Å². The lowest BCUT2D eigenvalue weighted by Crippen LogP contribution is -2.26. The highest BCUT2D eigenvalue weighted by Gasteiger charge is 2.28. The van der Waals surface area contributed by atoms with Crippen LogP contribution in [0.3, 0.4) is 0 Å². The van der Waals surface area contributed by atoms with Gasteiger partial charge in [-0.25, -0.2) is 4.39 Å². The van der Waals surface area contributed by atoms with E-state index in [4.69, 9.17) is 10.5 Å². The van der Waals surface area contributed by atoms with Gasteiger partial charge in [0.25, 0.3) is 0 Å². The third-order valence-corrected chi connectivity index (χ3v) is 3.47. The van der Waals surface area contributed by atoms with Crippen molar-refractivity contribution in [3.63, 3.8) is 0 Å². The minimum Gasteiger partial charge on any atom is -0.460 e. The van der Waals surface area contributed by atoms with Gasteiger partial charge in [0.05, 0.1) is 12.1 Å². The average Bonchev–Trinajstić information content (AvgIpc) is 2.74. The zero-order chi connectivity index (χ0) is 15.6. The molecule has 1 unspecified atom stereocenters. The van der Waals surface area contributed by atoms with Crippen LogP contribution in [0, 0.1) is 11.7 Å². The summed E-state index contributed by atoms with van der Waals surface area (Å²) in [6.45, 7) is 6.98. The van der Waals surface area contributed by atoms with Crippen LogP contribution in [-0.2, 0) is 9.53 Å². The van der Waals surface area contributed by atoms with Gasteiger partial charge in [-0.2, -0.15) is 0 Å². The maximum atomic E-state index is 13.9. The standard InChI is InChI=1S/C16H23FN2O2/c1-16(2,3)21-15(20)8-11-6-7-19(10-11)14-5-4-12(18)9-13(14)17/h4-5,9,11H,6-8,10,18H2,1-3H3. The molecular weight excluding hydrogens is 271 g/mol. The fourth-order valence-corrected chi connectivity index (χ4v) is 2.62. The number of carbonyl (C=O) groups excluding carboxylic acids is 1. The molecule has 1 aromatic carbocycles. The lowest BCUT2D eigenvalue weighted by Gasteiger charge is -2.21. The van der Waals surface area contributed by atoms with Gasteiger partial charge in [-0.15, -0.1) is 0 Å². The molecule has 2 rings (SSSR count). The number of nitrogen functional groups attached to an aromatic ring is 1. The first kappa shape index (κ1) is 15.6. The summed E-state index contributed by atoms with van der Waals surface area (Å²) in [5.41, 5.74) is 6.07. The Labute approximate surface area is 125 Å². The van der Waals surface area contributed by atoms with Crippen molar-refractivity contribution in [1.29, 1.82) is 0 Å². The number of rotatable bonds is 3. The number of esters is 1. The van der Waals surface area contributed by atoms with Crippen LogP contribution in [0.1, 0.15) is 33.6 Å². The summed E-state index contributed by atoms with van der Waals surface area (Å²) in [6.07, 6.45) is 1.24. The van der Waals surface area contributed by atoms with E-state index >= 15 is 0 Å². The largest absolute Gasteiger partial charge is 0.460 e. The Morgan fingerprint density at radius 3 is 2.81 bits per heavy atom. The topological polar surface area (TPSA) is 55.6 Å². The van der Waals surface area contributed by atoms with E-state index in [9.17, 15) is 9.18 Å². The van der Waals surface area contributed by atoms with Gasteiger partial charge in [0.1, 0.15) is 11.4 Å². The number of hydrogen-bond acceptors (Lipinski definition) is 4. The highest BCUT2D eigenvalue weighted by Crippen LogP contribution is 2.29. The Hall–Kier alpha value is -1.78. The summed E-state index contributed by atoms with van der Waals surface area (Å²) in [6, 6.07) is 4.72. The summed E-state index contributed by atoms with van der Waals surface area (Å²) >= 11 is 0. The number of benzene rings is 1. The number of ether oxygens (including phenoxy) is 1. The minimum absolute atomic E-state index is 0.188. The van der Waals surface area contributed by atoms with Crippen molar-refractivity contribution in [1.82, 2.24) is 0 Å². The van der Waals surface area contributed by atoms with Crippen LogP contribution in [-0.4, -0.2) is 24.7 Å². The fraction of sp³-hybridized carbons (Fsp3) is 0.562. The van der Waals surface area contributed by atoms with Gasteiger partial charge in [-0.1, -0.05) is 0 Å². The van der Waals surface area contributed by atoms with Crippen LogP contribution in [0.25, 0.3) is 0 Å². The first-order valence-electron chi connectivity index (χ1n) is 7.26. The van der Waals surface area contributed by atoms with E-state index < -0.39 is 5.60 Å². The Bertz CT molecular complexity index is 525. The Balaban J connectivity index is 1.93. The quantitative estimate of drug-likeness (QED) is 0.688. The molecular formula is C16H23FN2O2. The molecule has 1 atom stereocenters. The summed E-state index contributed by atoms with van der Waals surface area (Å²) in [7, 11) is 0. The molecule has 0 bridgehead atoms. The molecule has 1 aliphatic rings. The van der Waals surface area contributed by atoms with Crippen LogP contribution in [0.2, 0.25) is 0 Å². The number of anilines is 2. The van der Waals surface area contributed by atoms with Gasteiger partial charge < -0.3 is 15.4 Å². The van der Waals surface area contributed by atoms with Crippen molar-refractivity contribution in [2.24, 2.45) is 5.92 Å². The number of nitrogens with two attached hydrogens (primary N) is 1. The van der Waals surface area contributed by atoms with E-state index in [2.05, 4.69) is 0 Å². The average molecular weight is 294 g/mol. The number of hydrogen-bond donors (Lipinski definition) is 1. The summed E-state index contributed by atoms with van der Waals surface area (Å²) in [5.74, 6) is -0.295. The molecule has 1 fully saturated rings. The Kier molecular flexibility index (Phi) is 4.40. The smallest absolute Gasteiger partial charge is 0.306 e. The molecule has 0 radical (unpaired) electrons. The molecule has 0 aromatic heterocycles. The van der Waals surface area contributed by atoms with Gasteiger partial charge in [-0.3, -0.25) is 4.79 Å². The van der Waals surface area contributed by atoms with Crippen molar-refractivity contribution < 1.29 is 13.9 Å². The molecule has 4 nitrogen and oxygen atoms in total. The zero-order valence-electron chi connectivity index (χ0n) is 12.9. The molecule has 0 saturated carbocycles. The van der Waals surface area contributed by atoms with Crippen molar-refractivity contribution >= 4 is 17.3 Å². The second-order valence-corrected chi connectivity index (χ2v) is 6.60. The fourth-order valence-electron chi connectivity index (χ4n) is 2.62. The monoisotopic (exact) mass is 294 g/mol. The van der Waals surface area contributed by atoms with E-state index in [0.29, 0.717) is 24.3 Å². The predicted octanol–water partition coefficient (Wildman–Crippen LogP) is 2.97. The van der Waals surface area contributed by atoms with Crippen molar-refractivity contribution in [3.05, 3.63) is 24.0 Å². The molecule has 5 heteroatoms. The lowest BCUT2D eigenvalue weighted by atomic mass is 10.1. The number of halogens is 1. The summed E-state index contributed by atoms with van der Waals surface area (Å²) < 4.78 is 19.2. The molecule has 0 amide bonds. The second-order valence-electron chi connectivity index (χ2n) is 6.60. The predicted molar refractivity (Wildman–Crippen MR) is 81.6 cm³/mol. The first-order chi connectivity index (χ1) is 9.74. The van der Waals surface area contributed by atoms with Crippen LogP contribution in [0.4, 0.5) is 15.8 Å². The van der Waals surface area contributed by atoms with Crippen molar-refractivity contribution in [2.45, 2.75) is 39.2 Å². The van der Waals surface area contributed by atoms with Gasteiger partial charge in [-0.05, 0) is 51.3 Å². The van der Waals surface area contributed by atoms with Gasteiger partial charge in [0, 0.05) is 18.8 Å². The molecule has 1 heterocycles. The van der Waals surface area contributed by atoms with E-state index in [0.717, 1.165) is 13.0 Å². The van der Waals surface area contributed by atoms with Crippen LogP contribution < -0.4 is 10.6 Å². The van der Waals surface area contributed by atoms with Gasteiger partial charge >= 0.3 is 5.97 Å². The lowest BCUT2D eigenvalue weighted by molar-refractivity contribution is -0.155. The zero-order valence-corrected chi connectivity index (χ0v) is 12.9. The van der Waals surface area contributed by atoms with Crippen molar-refractivity contribution in [3.8, 4) is 0 Å². The highest BCUT2D eigenvalue weighted by molar-refractivity contribution is 5.70. The summed E-state index contributed by atoms with van der Waals surface area (Å²) in [5, 5.41) is 0. The Morgan fingerprint density at radius 1 is 1.48 bits per heavy atom. The molecule has 0 spiro atoms. The maximum Gasteiger partial charge on any atom is 0.306 e. The minimum atomic E-state index is -0.460. The van der Waals surface area contributed by atoms with Gasteiger partial charge in [0.2, 0.25) is 0 Å². The SMILES string of the molecule is CC(C)(C)OC(=O)CC1CCN(c2ccc(N)cc2F)C1. The molecule has 21 heavy (non-hydrogen) atoms. The van der Waals surface area contributed by atoms with E-state index in [-0.39, 0.29) is 17.7 Å². The number of nitrogens with zero attached hydrogens (tertiary/aromatic N) is 1. The molecule has 0 aliphatic carbocycles. The molecule has 116 valence electrons. The molecule has 1 aromatic rings. The van der Waals surface area contributed by atoms with Crippen molar-refractivity contribution in [2.75, 3.05) is 23.7 Å². The number of carbonyl (C=O) groups is 1. The summed E-state index contributed by atoms with van der Waals surface area (Å²) in [4.78, 5) is 13.8. The highest BCUT2D eigenvalue weighted by atomic mass is 19.1. The third kappa shape index (κ3) is 4.34. The molecule has 2 N–H and O–H groups in total. The maximum absolute atomic E-state index is 13.9. The Morgan fingerprint density at radius 2 is 2.19 bits per heavy atom. The molecule has 1 saturated heterocycles. The van der Waals surface area contributed by atoms with Crippen LogP contribution in [0.5, 0.6) is 0 Å².